The molecule has 0 saturated heterocycles. The summed E-state index contributed by atoms with van der Waals surface area (Å²) in [6.07, 6.45) is -3.35. The van der Waals surface area contributed by atoms with E-state index in [2.05, 4.69) is 0 Å². The molecule has 11 heteroatoms. The summed E-state index contributed by atoms with van der Waals surface area (Å²) in [6, 6.07) is 15.9. The summed E-state index contributed by atoms with van der Waals surface area (Å²) in [5.74, 6) is -0.689. The molecule has 1 N–H and O–H groups in total. The van der Waals surface area contributed by atoms with Crippen LogP contribution in [-0.4, -0.2) is 51.0 Å². The predicted octanol–water partition coefficient (Wildman–Crippen LogP) is 6.51. The molecule has 1 atom stereocenters. The summed E-state index contributed by atoms with van der Waals surface area (Å²) in [4.78, 5) is 1.74. The van der Waals surface area contributed by atoms with Crippen molar-refractivity contribution in [1.29, 1.82) is 0 Å². The van der Waals surface area contributed by atoms with Crippen LogP contribution in [0.1, 0.15) is 41.5 Å². The normalized spacial score (nSPS) is 13.0. The fourth-order valence-electron chi connectivity index (χ4n) is 4.51. The van der Waals surface area contributed by atoms with Gasteiger partial charge >= 0.3 is 6.18 Å². The van der Waals surface area contributed by atoms with E-state index in [1.165, 1.54) is 12.1 Å². The number of aliphatic hydroxyl groups excluding tert-OH is 1. The number of ether oxygens (including phenoxy) is 1. The van der Waals surface area contributed by atoms with Gasteiger partial charge < -0.3 is 9.84 Å². The highest BCUT2D eigenvalue weighted by molar-refractivity contribution is 7.90. The number of alkyl halides is 3. The second-order valence-electron chi connectivity index (χ2n) is 9.65. The molecule has 0 fully saturated rings. The van der Waals surface area contributed by atoms with Crippen molar-refractivity contribution >= 4 is 21.4 Å². The van der Waals surface area contributed by atoms with Crippen molar-refractivity contribution in [3.8, 4) is 5.75 Å². The van der Waals surface area contributed by atoms with Crippen LogP contribution in [0.15, 0.2) is 65.6 Å². The molecule has 40 heavy (non-hydrogen) atoms. The third-order valence-corrected chi connectivity index (χ3v) is 8.06. The standard InChI is InChI=1S/C29H32ClF4NO4S/c1-20(21-8-4-3-5-9-21)18-35(19-22-10-6-11-25(28(22)30)29(32,33)34)13-7-15-39-23-16-26(31)24(12-14-36)27(17-23)40(2,37)38/h3-6,8-11,16-17,20,36H,7,12-15,18-19H2,1-2H3. The zero-order valence-corrected chi connectivity index (χ0v) is 23.8. The molecule has 0 heterocycles. The number of sulfone groups is 1. The minimum atomic E-state index is -4.57. The number of hydrogen-bond donors (Lipinski definition) is 1. The Hall–Kier alpha value is -2.66. The topological polar surface area (TPSA) is 66.8 Å². The number of rotatable bonds is 13. The number of aliphatic hydroxyl groups is 1. The minimum Gasteiger partial charge on any atom is -0.493 e. The molecule has 218 valence electrons. The molecule has 0 aliphatic carbocycles. The van der Waals surface area contributed by atoms with E-state index in [-0.39, 0.29) is 46.7 Å². The van der Waals surface area contributed by atoms with Crippen LogP contribution >= 0.6 is 11.6 Å². The van der Waals surface area contributed by atoms with Gasteiger partial charge in [0.05, 0.1) is 22.1 Å². The summed E-state index contributed by atoms with van der Waals surface area (Å²) in [5, 5.41) is 8.84. The van der Waals surface area contributed by atoms with E-state index in [1.807, 2.05) is 42.2 Å². The SMILES string of the molecule is CC(CN(CCCOc1cc(F)c(CCO)c(S(C)(=O)=O)c1)Cc1cccc(C(F)(F)F)c1Cl)c1ccccc1. The molecule has 0 saturated carbocycles. The third kappa shape index (κ3) is 8.67. The highest BCUT2D eigenvalue weighted by atomic mass is 35.5. The predicted molar refractivity (Wildman–Crippen MR) is 147 cm³/mol. The van der Waals surface area contributed by atoms with Gasteiger partial charge in [-0.05, 0) is 42.0 Å². The quantitative estimate of drug-likeness (QED) is 0.179. The first-order valence-electron chi connectivity index (χ1n) is 12.7. The number of hydrogen-bond acceptors (Lipinski definition) is 5. The van der Waals surface area contributed by atoms with Crippen molar-refractivity contribution in [2.24, 2.45) is 0 Å². The van der Waals surface area contributed by atoms with Gasteiger partial charge in [-0.1, -0.05) is 61.0 Å². The molecule has 0 aromatic heterocycles. The van der Waals surface area contributed by atoms with Crippen molar-refractivity contribution < 1.29 is 35.8 Å². The van der Waals surface area contributed by atoms with Crippen LogP contribution < -0.4 is 4.74 Å². The summed E-state index contributed by atoms with van der Waals surface area (Å²) < 4.78 is 84.9. The average molecular weight is 602 g/mol. The monoisotopic (exact) mass is 601 g/mol. The van der Waals surface area contributed by atoms with Crippen molar-refractivity contribution in [1.82, 2.24) is 4.90 Å². The summed E-state index contributed by atoms with van der Waals surface area (Å²) in [7, 11) is -3.77. The lowest BCUT2D eigenvalue weighted by Gasteiger charge is -2.27. The van der Waals surface area contributed by atoms with Gasteiger partial charge in [-0.15, -0.1) is 0 Å². The Bertz CT molecular complexity index is 1380. The first-order valence-corrected chi connectivity index (χ1v) is 15.0. The van der Waals surface area contributed by atoms with E-state index in [1.54, 1.807) is 6.07 Å². The Kier molecular flexibility index (Phi) is 11.0. The van der Waals surface area contributed by atoms with Crippen LogP contribution in [0.2, 0.25) is 5.02 Å². The molecule has 0 radical (unpaired) electrons. The molecular weight excluding hydrogens is 570 g/mol. The number of benzene rings is 3. The largest absolute Gasteiger partial charge is 0.493 e. The van der Waals surface area contributed by atoms with Gasteiger partial charge in [0, 0.05) is 44.1 Å². The van der Waals surface area contributed by atoms with Crippen LogP contribution in [0.5, 0.6) is 5.75 Å². The summed E-state index contributed by atoms with van der Waals surface area (Å²) in [6.45, 7) is 2.84. The maximum atomic E-state index is 14.6. The number of nitrogens with zero attached hydrogens (tertiary/aromatic N) is 1. The van der Waals surface area contributed by atoms with Gasteiger partial charge in [0.2, 0.25) is 0 Å². The highest BCUT2D eigenvalue weighted by Gasteiger charge is 2.34. The summed E-state index contributed by atoms with van der Waals surface area (Å²) >= 11 is 6.16. The van der Waals surface area contributed by atoms with Crippen LogP contribution in [0.4, 0.5) is 17.6 Å². The van der Waals surface area contributed by atoms with E-state index >= 15 is 0 Å². The van der Waals surface area contributed by atoms with Gasteiger partial charge in [-0.25, -0.2) is 12.8 Å². The zero-order chi connectivity index (χ0) is 29.5. The highest BCUT2D eigenvalue weighted by Crippen LogP contribution is 2.36. The smallest absolute Gasteiger partial charge is 0.417 e. The molecule has 5 nitrogen and oxygen atoms in total. The fourth-order valence-corrected chi connectivity index (χ4v) is 5.78. The molecule has 0 aliphatic heterocycles. The zero-order valence-electron chi connectivity index (χ0n) is 22.2. The van der Waals surface area contributed by atoms with Crippen molar-refractivity contribution in [3.05, 3.63) is 93.8 Å². The minimum absolute atomic E-state index is 0.0322. The van der Waals surface area contributed by atoms with E-state index in [9.17, 15) is 31.1 Å². The lowest BCUT2D eigenvalue weighted by molar-refractivity contribution is -0.137. The van der Waals surface area contributed by atoms with Gasteiger partial charge in [0.15, 0.2) is 9.84 Å². The molecule has 3 rings (SSSR count). The van der Waals surface area contributed by atoms with Gasteiger partial charge in [-0.3, -0.25) is 4.90 Å². The summed E-state index contributed by atoms with van der Waals surface area (Å²) in [5.41, 5.74) is 0.429. The van der Waals surface area contributed by atoms with Gasteiger partial charge in [-0.2, -0.15) is 13.2 Å². The third-order valence-electron chi connectivity index (χ3n) is 6.46. The molecule has 0 aliphatic rings. The fraction of sp³-hybridized carbons (Fsp3) is 0.379. The second-order valence-corrected chi connectivity index (χ2v) is 12.0. The Balaban J connectivity index is 1.75. The Morgan fingerprint density at radius 2 is 1.77 bits per heavy atom. The second kappa shape index (κ2) is 13.8. The lowest BCUT2D eigenvalue weighted by atomic mass is 10.00. The van der Waals surface area contributed by atoms with E-state index in [4.69, 9.17) is 16.3 Å². The van der Waals surface area contributed by atoms with E-state index in [0.717, 1.165) is 24.0 Å². The Morgan fingerprint density at radius 1 is 1.07 bits per heavy atom. The molecule has 0 spiro atoms. The molecular formula is C29H32ClF4NO4S. The first-order chi connectivity index (χ1) is 18.8. The van der Waals surface area contributed by atoms with Crippen molar-refractivity contribution in [2.75, 3.05) is 32.6 Å². The maximum absolute atomic E-state index is 14.6. The average Bonchev–Trinajstić information content (AvgIpc) is 2.88. The molecule has 1 unspecified atom stereocenters. The Morgan fingerprint density at radius 3 is 2.40 bits per heavy atom. The van der Waals surface area contributed by atoms with Crippen LogP contribution in [-0.2, 0) is 29.0 Å². The van der Waals surface area contributed by atoms with Crippen LogP contribution in [0, 0.1) is 5.82 Å². The van der Waals surface area contributed by atoms with Crippen molar-refractivity contribution in [2.45, 2.75) is 43.3 Å². The molecule has 3 aromatic carbocycles. The van der Waals surface area contributed by atoms with Crippen LogP contribution in [0.3, 0.4) is 0 Å². The Labute approximate surface area is 237 Å². The van der Waals surface area contributed by atoms with E-state index in [0.29, 0.717) is 25.1 Å². The molecule has 0 amide bonds. The lowest BCUT2D eigenvalue weighted by Crippen LogP contribution is -2.30. The van der Waals surface area contributed by atoms with Crippen LogP contribution in [0.25, 0.3) is 0 Å². The maximum Gasteiger partial charge on any atom is 0.417 e. The van der Waals surface area contributed by atoms with E-state index < -0.39 is 34.0 Å². The molecule has 0 bridgehead atoms. The van der Waals surface area contributed by atoms with Gasteiger partial charge in [0.1, 0.15) is 11.6 Å². The first kappa shape index (κ1) is 31.9. The van der Waals surface area contributed by atoms with Crippen molar-refractivity contribution in [3.63, 3.8) is 0 Å². The molecule has 3 aromatic rings. The van der Waals surface area contributed by atoms with Gasteiger partial charge in [0.25, 0.3) is 0 Å². The number of halogens is 5.